The van der Waals surface area contributed by atoms with Crippen LogP contribution in [-0.2, 0) is 30.0 Å². The topological polar surface area (TPSA) is 92.7 Å². The fourth-order valence-corrected chi connectivity index (χ4v) is 6.89. The van der Waals surface area contributed by atoms with Gasteiger partial charge in [-0.1, -0.05) is 72.1 Å². The number of nitrogens with one attached hydrogen (secondary N) is 2. The Hall–Kier alpha value is -3.85. The number of alkyl halides is 6. The minimum atomic E-state index is -4.49. The molecule has 2 N–H and O–H groups in total. The van der Waals surface area contributed by atoms with Crippen molar-refractivity contribution in [3.8, 4) is 0 Å². The molecule has 5 rings (SSSR count). The Labute approximate surface area is 256 Å². The summed E-state index contributed by atoms with van der Waals surface area (Å²) in [7, 11) is 0. The predicted molar refractivity (Wildman–Crippen MR) is 155 cm³/mol. The van der Waals surface area contributed by atoms with Crippen LogP contribution >= 0.6 is 22.7 Å². The quantitative estimate of drug-likeness (QED) is 0.177. The number of rotatable bonds is 9. The summed E-state index contributed by atoms with van der Waals surface area (Å²) in [5.41, 5.74) is -0.327. The second-order valence-corrected chi connectivity index (χ2v) is 12.5. The zero-order valence-corrected chi connectivity index (χ0v) is 24.6. The van der Waals surface area contributed by atoms with Gasteiger partial charge in [0.25, 0.3) is 0 Å². The smallest absolute Gasteiger partial charge is 0.334 e. The van der Waals surface area contributed by atoms with E-state index < -0.39 is 29.4 Å². The number of halogens is 6. The number of anilines is 2. The Morgan fingerprint density at radius 1 is 0.773 bits per heavy atom. The Bertz CT molecular complexity index is 1510. The van der Waals surface area contributed by atoms with Gasteiger partial charge in [-0.05, 0) is 42.5 Å². The van der Waals surface area contributed by atoms with Gasteiger partial charge in [-0.15, -0.1) is 20.4 Å². The number of aromatic nitrogens is 4. The lowest BCUT2D eigenvalue weighted by Crippen LogP contribution is -2.15. The van der Waals surface area contributed by atoms with Crippen molar-refractivity contribution in [2.24, 2.45) is 0 Å². The summed E-state index contributed by atoms with van der Waals surface area (Å²) in [6, 6.07) is 9.73. The molecule has 0 radical (unpaired) electrons. The van der Waals surface area contributed by atoms with E-state index in [0.29, 0.717) is 16.4 Å². The number of carbonyl (C=O) groups excluding carboxylic acids is 1. The van der Waals surface area contributed by atoms with Crippen LogP contribution < -0.4 is 10.6 Å². The van der Waals surface area contributed by atoms with E-state index in [0.717, 1.165) is 60.0 Å². The first-order valence-electron chi connectivity index (χ1n) is 13.6. The van der Waals surface area contributed by atoms with Gasteiger partial charge in [-0.25, -0.2) is 0 Å². The van der Waals surface area contributed by atoms with Crippen molar-refractivity contribution in [3.63, 3.8) is 0 Å². The highest BCUT2D eigenvalue weighted by atomic mass is 32.1. The van der Waals surface area contributed by atoms with Crippen LogP contribution in [-0.4, -0.2) is 26.3 Å². The molecule has 1 aliphatic rings. The van der Waals surface area contributed by atoms with Gasteiger partial charge in [0.1, 0.15) is 10.0 Å². The molecule has 44 heavy (non-hydrogen) atoms. The number of hydrogen-bond acceptors (Lipinski definition) is 8. The first-order valence-corrected chi connectivity index (χ1v) is 15.2. The molecule has 1 fully saturated rings. The molecule has 2 aromatic heterocycles. The molecule has 1 aliphatic carbocycles. The average Bonchev–Trinajstić information content (AvgIpc) is 3.62. The van der Waals surface area contributed by atoms with E-state index >= 15 is 0 Å². The maximum Gasteiger partial charge on any atom is 0.416 e. The molecule has 1 amide bonds. The first-order chi connectivity index (χ1) is 20.8. The second-order valence-electron chi connectivity index (χ2n) is 10.5. The van der Waals surface area contributed by atoms with Gasteiger partial charge in [0.2, 0.25) is 16.2 Å². The SMILES string of the molecule is C=C(Cc1cccc(C(F)(F)F)c1)Nc1nnc([C@H]2CCCC(c3nnc(NC(=O)Cc4cccc(C(F)(F)F)c4)s3)C2)s1. The lowest BCUT2D eigenvalue weighted by molar-refractivity contribution is -0.138. The summed E-state index contributed by atoms with van der Waals surface area (Å²) in [6.07, 6.45) is -5.52. The Balaban J connectivity index is 1.15. The number of allylic oxidation sites excluding steroid dienone is 1. The lowest BCUT2D eigenvalue weighted by Gasteiger charge is -2.25. The molecule has 2 aromatic carbocycles. The number of carbonyl (C=O) groups is 1. The zero-order chi connectivity index (χ0) is 31.5. The molecular formula is C29H26F6N6OS2. The summed E-state index contributed by atoms with van der Waals surface area (Å²) < 4.78 is 78.0. The largest absolute Gasteiger partial charge is 0.416 e. The van der Waals surface area contributed by atoms with Crippen LogP contribution in [0.1, 0.15) is 69.8 Å². The highest BCUT2D eigenvalue weighted by molar-refractivity contribution is 7.15. The van der Waals surface area contributed by atoms with Crippen molar-refractivity contribution >= 4 is 38.8 Å². The molecule has 15 heteroatoms. The van der Waals surface area contributed by atoms with Gasteiger partial charge < -0.3 is 10.6 Å². The highest BCUT2D eigenvalue weighted by Crippen LogP contribution is 2.43. The molecule has 0 saturated heterocycles. The molecule has 2 heterocycles. The minimum absolute atomic E-state index is 0.0801. The number of benzene rings is 2. The highest BCUT2D eigenvalue weighted by Gasteiger charge is 2.32. The Morgan fingerprint density at radius 2 is 1.27 bits per heavy atom. The second kappa shape index (κ2) is 13.0. The monoisotopic (exact) mass is 652 g/mol. The van der Waals surface area contributed by atoms with Crippen molar-refractivity contribution in [1.29, 1.82) is 0 Å². The van der Waals surface area contributed by atoms with Gasteiger partial charge in [0.15, 0.2) is 0 Å². The lowest BCUT2D eigenvalue weighted by atomic mass is 9.82. The molecule has 0 spiro atoms. The number of nitrogens with zero attached hydrogens (tertiary/aromatic N) is 4. The summed E-state index contributed by atoms with van der Waals surface area (Å²) in [6.45, 7) is 3.93. The van der Waals surface area contributed by atoms with Gasteiger partial charge in [-0.3, -0.25) is 4.79 Å². The van der Waals surface area contributed by atoms with Crippen LogP contribution in [0.25, 0.3) is 0 Å². The average molecular weight is 653 g/mol. The van der Waals surface area contributed by atoms with Crippen molar-refractivity contribution < 1.29 is 31.1 Å². The third-order valence-corrected chi connectivity index (χ3v) is 9.08. The normalized spacial score (nSPS) is 17.3. The molecule has 1 saturated carbocycles. The minimum Gasteiger partial charge on any atom is -0.334 e. The Kier molecular flexibility index (Phi) is 9.34. The standard InChI is InChI=1S/C29H26F6N6OS2/c1-16(11-17-5-2-9-21(12-17)28(30,31)32)36-26-40-38-24(43-26)19-7-4-8-20(15-19)25-39-41-27(44-25)37-23(42)14-18-6-3-10-22(13-18)29(33,34)35/h2-3,5-6,9-10,12-13,19-20H,1,4,7-8,11,14-15H2,(H,36,40)(H,37,41,42)/t19-,20?/m0/s1. The summed E-state index contributed by atoms with van der Waals surface area (Å²) >= 11 is 2.60. The zero-order valence-electron chi connectivity index (χ0n) is 23.0. The van der Waals surface area contributed by atoms with E-state index in [1.807, 2.05) is 0 Å². The van der Waals surface area contributed by atoms with Gasteiger partial charge in [0.05, 0.1) is 17.5 Å². The third-order valence-electron chi connectivity index (χ3n) is 7.07. The van der Waals surface area contributed by atoms with Gasteiger partial charge in [0, 0.05) is 24.0 Å². The van der Waals surface area contributed by atoms with Crippen molar-refractivity contribution in [2.75, 3.05) is 10.6 Å². The van der Waals surface area contributed by atoms with Crippen molar-refractivity contribution in [3.05, 3.63) is 93.1 Å². The van der Waals surface area contributed by atoms with Crippen molar-refractivity contribution in [1.82, 2.24) is 20.4 Å². The Morgan fingerprint density at radius 3 is 1.80 bits per heavy atom. The van der Waals surface area contributed by atoms with Gasteiger partial charge in [-0.2, -0.15) is 26.3 Å². The van der Waals surface area contributed by atoms with Crippen LogP contribution in [0.2, 0.25) is 0 Å². The molecule has 2 atom stereocenters. The fraction of sp³-hybridized carbons (Fsp3) is 0.345. The molecule has 0 bridgehead atoms. The summed E-state index contributed by atoms with van der Waals surface area (Å²) in [5, 5.41) is 24.9. The van der Waals surface area contributed by atoms with E-state index in [-0.39, 0.29) is 35.4 Å². The maximum atomic E-state index is 13.0. The van der Waals surface area contributed by atoms with Crippen molar-refractivity contribution in [2.45, 2.75) is 62.7 Å². The molecule has 0 aliphatic heterocycles. The van der Waals surface area contributed by atoms with E-state index in [9.17, 15) is 31.1 Å². The van der Waals surface area contributed by atoms with E-state index in [1.54, 1.807) is 6.07 Å². The van der Waals surface area contributed by atoms with Crippen LogP contribution in [0.3, 0.4) is 0 Å². The van der Waals surface area contributed by atoms with E-state index in [1.165, 1.54) is 40.9 Å². The van der Waals surface area contributed by atoms with E-state index in [2.05, 4.69) is 37.6 Å². The molecule has 1 unspecified atom stereocenters. The molecule has 7 nitrogen and oxygen atoms in total. The van der Waals surface area contributed by atoms with Crippen LogP contribution in [0.15, 0.2) is 60.8 Å². The number of amides is 1. The third kappa shape index (κ3) is 8.20. The molecular weight excluding hydrogens is 626 g/mol. The number of hydrogen-bond donors (Lipinski definition) is 2. The molecule has 4 aromatic rings. The molecule has 232 valence electrons. The van der Waals surface area contributed by atoms with Gasteiger partial charge >= 0.3 is 12.4 Å². The first kappa shape index (κ1) is 31.6. The summed E-state index contributed by atoms with van der Waals surface area (Å²) in [5.74, 6) is -0.296. The predicted octanol–water partition coefficient (Wildman–Crippen LogP) is 8.22. The fourth-order valence-electron chi connectivity index (χ4n) is 5.04. The summed E-state index contributed by atoms with van der Waals surface area (Å²) in [4.78, 5) is 12.5. The van der Waals surface area contributed by atoms with Crippen LogP contribution in [0.4, 0.5) is 36.6 Å². The van der Waals surface area contributed by atoms with Crippen LogP contribution in [0, 0.1) is 0 Å². The van der Waals surface area contributed by atoms with Crippen LogP contribution in [0.5, 0.6) is 0 Å². The maximum absolute atomic E-state index is 13.0. The van der Waals surface area contributed by atoms with E-state index in [4.69, 9.17) is 0 Å².